The first-order valence-electron chi connectivity index (χ1n) is 11.0. The van der Waals surface area contributed by atoms with E-state index in [1.807, 2.05) is 31.2 Å². The molecule has 172 valence electrons. The highest BCUT2D eigenvalue weighted by Crippen LogP contribution is 2.26. The number of methoxy groups -OCH3 is 1. The zero-order chi connectivity index (χ0) is 21.5. The smallest absolute Gasteiger partial charge is 0.310 e. The number of halogens is 1. The number of anilines is 1. The van der Waals surface area contributed by atoms with E-state index in [0.717, 1.165) is 56.0 Å². The Morgan fingerprint density at radius 2 is 1.97 bits per heavy atom. The molecule has 0 spiro atoms. The minimum atomic E-state index is -0.161. The minimum Gasteiger partial charge on any atom is -0.469 e. The van der Waals surface area contributed by atoms with Crippen LogP contribution in [-0.2, 0) is 20.9 Å². The molecule has 2 fully saturated rings. The zero-order valence-electron chi connectivity index (χ0n) is 18.7. The number of guanidine groups is 1. The van der Waals surface area contributed by atoms with E-state index in [1.165, 1.54) is 7.11 Å². The standard InChI is InChI=1S/C23H34N4O3.HI/c1-4-24-23(27-14-16(2)20(15-27)22(29)30-3)25-13-17-8-7-11-19(12-17)26-21(28)18-9-5-6-10-18;/h7-8,11-12,16,18,20H,4-6,9-10,13-15H2,1-3H3,(H,24,25)(H,26,28);1H. The second kappa shape index (κ2) is 12.3. The third-order valence-corrected chi connectivity index (χ3v) is 6.08. The molecule has 1 aromatic rings. The summed E-state index contributed by atoms with van der Waals surface area (Å²) in [6, 6.07) is 7.88. The maximum Gasteiger partial charge on any atom is 0.310 e. The van der Waals surface area contributed by atoms with Crippen LogP contribution in [0.3, 0.4) is 0 Å². The number of ether oxygens (including phenoxy) is 1. The molecule has 1 aliphatic heterocycles. The number of likely N-dealkylation sites (tertiary alicyclic amines) is 1. The fraction of sp³-hybridized carbons (Fsp3) is 0.609. The van der Waals surface area contributed by atoms with Crippen molar-refractivity contribution in [1.82, 2.24) is 10.2 Å². The van der Waals surface area contributed by atoms with Gasteiger partial charge in [0.25, 0.3) is 0 Å². The predicted molar refractivity (Wildman–Crippen MR) is 134 cm³/mol. The first-order valence-corrected chi connectivity index (χ1v) is 11.0. The van der Waals surface area contributed by atoms with Crippen molar-refractivity contribution in [3.63, 3.8) is 0 Å². The summed E-state index contributed by atoms with van der Waals surface area (Å²) in [6.07, 6.45) is 4.27. The second-order valence-corrected chi connectivity index (χ2v) is 8.35. The van der Waals surface area contributed by atoms with Crippen molar-refractivity contribution in [2.45, 2.75) is 46.1 Å². The van der Waals surface area contributed by atoms with Crippen LogP contribution in [0.5, 0.6) is 0 Å². The van der Waals surface area contributed by atoms with E-state index in [1.54, 1.807) is 0 Å². The van der Waals surface area contributed by atoms with E-state index in [0.29, 0.717) is 13.1 Å². The number of esters is 1. The third kappa shape index (κ3) is 6.82. The van der Waals surface area contributed by atoms with Gasteiger partial charge in [-0.2, -0.15) is 0 Å². The average Bonchev–Trinajstić information content (AvgIpc) is 3.41. The minimum absolute atomic E-state index is 0. The molecule has 2 aliphatic rings. The van der Waals surface area contributed by atoms with Gasteiger partial charge in [0.15, 0.2) is 5.96 Å². The molecule has 1 aliphatic carbocycles. The van der Waals surface area contributed by atoms with Crippen molar-refractivity contribution in [1.29, 1.82) is 0 Å². The normalized spacial score (nSPS) is 21.5. The number of aliphatic imine (C=N–C) groups is 1. The van der Waals surface area contributed by atoms with Gasteiger partial charge in [-0.25, -0.2) is 4.99 Å². The summed E-state index contributed by atoms with van der Waals surface area (Å²) in [7, 11) is 1.44. The van der Waals surface area contributed by atoms with Gasteiger partial charge in [0, 0.05) is 31.2 Å². The van der Waals surface area contributed by atoms with Crippen molar-refractivity contribution >= 4 is 47.5 Å². The molecule has 0 bridgehead atoms. The SMILES string of the molecule is CCNC(=NCc1cccc(NC(=O)C2CCCC2)c1)N1CC(C)C(C(=O)OC)C1.I. The van der Waals surface area contributed by atoms with Gasteiger partial charge < -0.3 is 20.3 Å². The van der Waals surface area contributed by atoms with Crippen molar-refractivity contribution in [3.8, 4) is 0 Å². The average molecular weight is 542 g/mol. The van der Waals surface area contributed by atoms with Gasteiger partial charge in [-0.15, -0.1) is 24.0 Å². The van der Waals surface area contributed by atoms with Crippen LogP contribution in [0.4, 0.5) is 5.69 Å². The number of hydrogen-bond donors (Lipinski definition) is 2. The number of benzene rings is 1. The summed E-state index contributed by atoms with van der Waals surface area (Å²) in [5.74, 6) is 1.000. The number of hydrogen-bond acceptors (Lipinski definition) is 4. The highest BCUT2D eigenvalue weighted by molar-refractivity contribution is 14.0. The molecule has 31 heavy (non-hydrogen) atoms. The lowest BCUT2D eigenvalue weighted by molar-refractivity contribution is -0.146. The molecule has 7 nitrogen and oxygen atoms in total. The summed E-state index contributed by atoms with van der Waals surface area (Å²) in [5, 5.41) is 6.39. The van der Waals surface area contributed by atoms with Crippen molar-refractivity contribution in [2.24, 2.45) is 22.7 Å². The van der Waals surface area contributed by atoms with E-state index >= 15 is 0 Å². The Kier molecular flexibility index (Phi) is 10.1. The predicted octanol–water partition coefficient (Wildman–Crippen LogP) is 3.64. The lowest BCUT2D eigenvalue weighted by atomic mass is 9.99. The van der Waals surface area contributed by atoms with E-state index in [2.05, 4.69) is 22.5 Å². The molecule has 0 aromatic heterocycles. The maximum absolute atomic E-state index is 12.4. The van der Waals surface area contributed by atoms with Crippen LogP contribution in [-0.4, -0.2) is 49.5 Å². The Hall–Kier alpha value is -1.84. The number of nitrogens with zero attached hydrogens (tertiary/aromatic N) is 2. The Balaban J connectivity index is 0.00000341. The summed E-state index contributed by atoms with van der Waals surface area (Å²) in [6.45, 7) is 6.74. The Bertz CT molecular complexity index is 780. The number of carbonyl (C=O) groups excluding carboxylic acids is 2. The fourth-order valence-electron chi connectivity index (χ4n) is 4.37. The zero-order valence-corrected chi connectivity index (χ0v) is 21.1. The van der Waals surface area contributed by atoms with Gasteiger partial charge in [0.1, 0.15) is 0 Å². The molecule has 1 heterocycles. The monoisotopic (exact) mass is 542 g/mol. The lowest BCUT2D eigenvalue weighted by Gasteiger charge is -2.21. The molecule has 1 aromatic carbocycles. The summed E-state index contributed by atoms with van der Waals surface area (Å²) >= 11 is 0. The number of rotatable bonds is 6. The van der Waals surface area contributed by atoms with Gasteiger partial charge >= 0.3 is 5.97 Å². The van der Waals surface area contributed by atoms with Crippen molar-refractivity contribution in [3.05, 3.63) is 29.8 Å². The van der Waals surface area contributed by atoms with E-state index in [9.17, 15) is 9.59 Å². The largest absolute Gasteiger partial charge is 0.469 e. The second-order valence-electron chi connectivity index (χ2n) is 8.35. The van der Waals surface area contributed by atoms with Gasteiger partial charge in [0.2, 0.25) is 5.91 Å². The first-order chi connectivity index (χ1) is 14.5. The van der Waals surface area contributed by atoms with E-state index < -0.39 is 0 Å². The molecule has 8 heteroatoms. The van der Waals surface area contributed by atoms with Crippen molar-refractivity contribution < 1.29 is 14.3 Å². The molecule has 1 amide bonds. The molecule has 3 rings (SSSR count). The van der Waals surface area contributed by atoms with Gasteiger partial charge in [-0.3, -0.25) is 9.59 Å². The van der Waals surface area contributed by atoms with Gasteiger partial charge in [0.05, 0.1) is 19.6 Å². The summed E-state index contributed by atoms with van der Waals surface area (Å²) < 4.78 is 4.94. The lowest BCUT2D eigenvalue weighted by Crippen LogP contribution is -2.40. The molecule has 1 saturated heterocycles. The maximum atomic E-state index is 12.4. The molecule has 2 unspecified atom stereocenters. The number of carbonyl (C=O) groups is 2. The van der Waals surface area contributed by atoms with Crippen LogP contribution in [0.1, 0.15) is 45.1 Å². The fourth-order valence-corrected chi connectivity index (χ4v) is 4.37. The summed E-state index contributed by atoms with van der Waals surface area (Å²) in [4.78, 5) is 31.3. The highest BCUT2D eigenvalue weighted by Gasteiger charge is 2.36. The van der Waals surface area contributed by atoms with Crippen LogP contribution in [0.2, 0.25) is 0 Å². The summed E-state index contributed by atoms with van der Waals surface area (Å²) in [5.41, 5.74) is 1.86. The number of amides is 1. The molecule has 2 atom stereocenters. The third-order valence-electron chi connectivity index (χ3n) is 6.08. The molecule has 2 N–H and O–H groups in total. The van der Waals surface area contributed by atoms with Gasteiger partial charge in [-0.1, -0.05) is 31.9 Å². The van der Waals surface area contributed by atoms with Crippen LogP contribution >= 0.6 is 24.0 Å². The topological polar surface area (TPSA) is 83.0 Å². The van der Waals surface area contributed by atoms with Crippen LogP contribution < -0.4 is 10.6 Å². The highest BCUT2D eigenvalue weighted by atomic mass is 127. The van der Waals surface area contributed by atoms with E-state index in [-0.39, 0.29) is 53.6 Å². The van der Waals surface area contributed by atoms with Crippen molar-refractivity contribution in [2.75, 3.05) is 32.1 Å². The molecular weight excluding hydrogens is 507 g/mol. The number of nitrogens with one attached hydrogen (secondary N) is 2. The Morgan fingerprint density at radius 1 is 1.23 bits per heavy atom. The Labute approximate surface area is 202 Å². The quantitative estimate of drug-likeness (QED) is 0.248. The van der Waals surface area contributed by atoms with Crippen LogP contribution in [0.15, 0.2) is 29.3 Å². The Morgan fingerprint density at radius 3 is 2.65 bits per heavy atom. The molecule has 1 saturated carbocycles. The van der Waals surface area contributed by atoms with Crippen LogP contribution in [0, 0.1) is 17.8 Å². The molecular formula is C23H35IN4O3. The van der Waals surface area contributed by atoms with Gasteiger partial charge in [-0.05, 0) is 43.4 Å². The van der Waals surface area contributed by atoms with E-state index in [4.69, 9.17) is 9.73 Å². The van der Waals surface area contributed by atoms with Crippen LogP contribution in [0.25, 0.3) is 0 Å². The molecule has 0 radical (unpaired) electrons. The first kappa shape index (κ1) is 25.4.